The molecule has 2 aromatic heterocycles. The number of ether oxygens (including phenoxy) is 1. The van der Waals surface area contributed by atoms with Crippen LogP contribution in [0.2, 0.25) is 0 Å². The van der Waals surface area contributed by atoms with Gasteiger partial charge in [0.1, 0.15) is 5.56 Å². The van der Waals surface area contributed by atoms with E-state index in [1.165, 1.54) is 4.57 Å². The third-order valence-corrected chi connectivity index (χ3v) is 6.84. The summed E-state index contributed by atoms with van der Waals surface area (Å²) < 4.78 is 46.9. The van der Waals surface area contributed by atoms with E-state index < -0.39 is 58.8 Å². The molecule has 2 bridgehead atoms. The molecule has 4 atom stereocenters. The number of alkyl halides is 3. The van der Waals surface area contributed by atoms with Crippen molar-refractivity contribution in [2.24, 2.45) is 5.92 Å². The van der Waals surface area contributed by atoms with Crippen LogP contribution in [0.25, 0.3) is 0 Å². The van der Waals surface area contributed by atoms with Gasteiger partial charge in [0.2, 0.25) is 5.43 Å². The molecule has 4 heterocycles. The number of fused-ring (bicyclic) bond motifs is 5. The van der Waals surface area contributed by atoms with Crippen LogP contribution in [-0.4, -0.2) is 49.7 Å². The van der Waals surface area contributed by atoms with E-state index in [0.717, 1.165) is 37.4 Å². The largest absolute Gasteiger partial charge is 0.503 e. The summed E-state index contributed by atoms with van der Waals surface area (Å²) in [6.45, 7) is 1.51. The molecule has 2 amide bonds. The topological polar surface area (TPSA) is 114 Å². The number of hydrogen-bond acceptors (Lipinski definition) is 6. The van der Waals surface area contributed by atoms with Crippen LogP contribution in [0.4, 0.5) is 13.2 Å². The molecule has 0 spiro atoms. The molecule has 2 N–H and O–H groups in total. The maximum atomic E-state index is 13.2. The van der Waals surface area contributed by atoms with Gasteiger partial charge in [-0.05, 0) is 25.0 Å². The molecule has 34 heavy (non-hydrogen) atoms. The van der Waals surface area contributed by atoms with Gasteiger partial charge in [0.15, 0.2) is 17.7 Å². The summed E-state index contributed by atoms with van der Waals surface area (Å²) in [6.07, 6.45) is -1.42. The van der Waals surface area contributed by atoms with Crippen molar-refractivity contribution in [3.05, 3.63) is 57.3 Å². The fraction of sp³-hybridized carbons (Fsp3) is 0.455. The number of aromatic nitrogens is 2. The number of hydrogen-bond donors (Lipinski definition) is 2. The van der Waals surface area contributed by atoms with Gasteiger partial charge in [0.05, 0.1) is 30.5 Å². The highest BCUT2D eigenvalue weighted by atomic mass is 19.4. The standard InChI is InChI=1S/C22H21F3N4O5/c1-10-14-4-5-15(10)34-16-9-28-8-11(18(30)19(31)17(28)21(33)29(14)16)20(32)27-7-13-12(22(23,24)25)3-2-6-26-13/h2-3,6,8,10,14-16,31H,4-5,7,9H2,1H3,(H,27,32)/t10-,14-,15+,16+/m1/s1. The molecule has 1 saturated carbocycles. The van der Waals surface area contributed by atoms with Crippen molar-refractivity contribution in [1.29, 1.82) is 0 Å². The fourth-order valence-corrected chi connectivity index (χ4v) is 5.15. The van der Waals surface area contributed by atoms with Gasteiger partial charge in [-0.1, -0.05) is 6.92 Å². The normalized spacial score (nSPS) is 25.6. The molecule has 5 rings (SSSR count). The number of amides is 2. The Balaban J connectivity index is 1.43. The van der Waals surface area contributed by atoms with E-state index in [4.69, 9.17) is 4.74 Å². The molecule has 3 aliphatic rings. The maximum Gasteiger partial charge on any atom is 0.418 e. The number of nitrogens with zero attached hydrogens (tertiary/aromatic N) is 3. The van der Waals surface area contributed by atoms with Crippen LogP contribution in [0.15, 0.2) is 29.3 Å². The zero-order valence-corrected chi connectivity index (χ0v) is 18.0. The average Bonchev–Trinajstić information content (AvgIpc) is 3.01. The fourth-order valence-electron chi connectivity index (χ4n) is 5.15. The second-order valence-electron chi connectivity index (χ2n) is 8.74. The molecule has 0 aromatic carbocycles. The Bertz CT molecular complexity index is 1240. The van der Waals surface area contributed by atoms with E-state index in [9.17, 15) is 32.7 Å². The highest BCUT2D eigenvalue weighted by Gasteiger charge is 2.51. The molecule has 0 radical (unpaired) electrons. The number of nitrogens with one attached hydrogen (secondary N) is 1. The van der Waals surface area contributed by atoms with E-state index in [2.05, 4.69) is 10.3 Å². The van der Waals surface area contributed by atoms with Crippen LogP contribution in [0.5, 0.6) is 5.75 Å². The Kier molecular flexibility index (Phi) is 5.15. The van der Waals surface area contributed by atoms with Crippen LogP contribution in [0.1, 0.15) is 51.9 Å². The number of carbonyl (C=O) groups is 2. The summed E-state index contributed by atoms with van der Waals surface area (Å²) in [5.41, 5.74) is -3.24. The van der Waals surface area contributed by atoms with Crippen molar-refractivity contribution >= 4 is 11.8 Å². The summed E-state index contributed by atoms with van der Waals surface area (Å²) in [7, 11) is 0. The molecular weight excluding hydrogens is 457 g/mol. The molecule has 1 aliphatic carbocycles. The summed E-state index contributed by atoms with van der Waals surface area (Å²) in [5.74, 6) is -2.31. The van der Waals surface area contributed by atoms with Gasteiger partial charge in [-0.15, -0.1) is 0 Å². The van der Waals surface area contributed by atoms with Crippen LogP contribution >= 0.6 is 0 Å². The van der Waals surface area contributed by atoms with Gasteiger partial charge in [-0.2, -0.15) is 13.2 Å². The van der Waals surface area contributed by atoms with E-state index in [1.54, 1.807) is 4.90 Å². The zero-order valence-electron chi connectivity index (χ0n) is 18.0. The van der Waals surface area contributed by atoms with Crippen molar-refractivity contribution in [3.8, 4) is 5.75 Å². The number of halogens is 3. The highest BCUT2D eigenvalue weighted by Crippen LogP contribution is 2.42. The van der Waals surface area contributed by atoms with E-state index in [0.29, 0.717) is 0 Å². The smallest absolute Gasteiger partial charge is 0.418 e. The predicted molar refractivity (Wildman–Crippen MR) is 110 cm³/mol. The number of rotatable bonds is 3. The Morgan fingerprint density at radius 2 is 2.09 bits per heavy atom. The first kappa shape index (κ1) is 22.4. The molecule has 180 valence electrons. The molecule has 12 heteroatoms. The minimum absolute atomic E-state index is 0.00227. The van der Waals surface area contributed by atoms with Gasteiger partial charge in [0.25, 0.3) is 11.8 Å². The summed E-state index contributed by atoms with van der Waals surface area (Å²) in [4.78, 5) is 43.8. The molecule has 0 unspecified atom stereocenters. The average molecular weight is 478 g/mol. The van der Waals surface area contributed by atoms with Crippen LogP contribution in [0.3, 0.4) is 0 Å². The first-order valence-electron chi connectivity index (χ1n) is 10.8. The first-order chi connectivity index (χ1) is 16.1. The molecule has 2 aliphatic heterocycles. The molecule has 2 aromatic rings. The van der Waals surface area contributed by atoms with Gasteiger partial charge < -0.3 is 24.6 Å². The zero-order chi connectivity index (χ0) is 24.4. The Hall–Kier alpha value is -3.41. The first-order valence-corrected chi connectivity index (χ1v) is 10.8. The number of aromatic hydroxyl groups is 1. The second-order valence-corrected chi connectivity index (χ2v) is 8.74. The van der Waals surface area contributed by atoms with Gasteiger partial charge in [-0.3, -0.25) is 19.4 Å². The highest BCUT2D eigenvalue weighted by molar-refractivity contribution is 5.99. The van der Waals surface area contributed by atoms with Crippen LogP contribution < -0.4 is 10.7 Å². The van der Waals surface area contributed by atoms with E-state index in [1.807, 2.05) is 6.92 Å². The molecule has 1 saturated heterocycles. The minimum atomic E-state index is -4.67. The molecule has 9 nitrogen and oxygen atoms in total. The lowest BCUT2D eigenvalue weighted by molar-refractivity contribution is -0.155. The van der Waals surface area contributed by atoms with Crippen molar-refractivity contribution in [1.82, 2.24) is 19.8 Å². The Morgan fingerprint density at radius 1 is 1.32 bits per heavy atom. The Morgan fingerprint density at radius 3 is 2.82 bits per heavy atom. The van der Waals surface area contributed by atoms with Gasteiger partial charge in [0, 0.05) is 24.4 Å². The molecule has 2 fully saturated rings. The van der Waals surface area contributed by atoms with E-state index in [-0.39, 0.29) is 30.3 Å². The van der Waals surface area contributed by atoms with Gasteiger partial charge >= 0.3 is 6.18 Å². The predicted octanol–water partition coefficient (Wildman–Crippen LogP) is 1.88. The lowest BCUT2D eigenvalue weighted by atomic mass is 9.98. The lowest BCUT2D eigenvalue weighted by Gasteiger charge is -2.47. The Labute approximate surface area is 191 Å². The minimum Gasteiger partial charge on any atom is -0.503 e. The summed E-state index contributed by atoms with van der Waals surface area (Å²) in [6, 6.07) is 1.90. The second kappa shape index (κ2) is 7.83. The lowest BCUT2D eigenvalue weighted by Crippen LogP contribution is -2.59. The van der Waals surface area contributed by atoms with Crippen molar-refractivity contribution in [3.63, 3.8) is 0 Å². The summed E-state index contributed by atoms with van der Waals surface area (Å²) in [5, 5.41) is 12.8. The quantitative estimate of drug-likeness (QED) is 0.697. The maximum absolute atomic E-state index is 13.2. The SMILES string of the molecule is C[C@H]1[C@@H]2CC[C@H]1N1C(=O)c3c(O)c(=O)c(C(=O)NCc4ncccc4C(F)(F)F)cn3C[C@@H]1O2. The third kappa shape index (κ3) is 3.44. The summed E-state index contributed by atoms with van der Waals surface area (Å²) >= 11 is 0. The molecular formula is C22H21F3N4O5. The van der Waals surface area contributed by atoms with Crippen LogP contribution in [0, 0.1) is 5.92 Å². The van der Waals surface area contributed by atoms with Gasteiger partial charge in [-0.25, -0.2) is 0 Å². The monoisotopic (exact) mass is 478 g/mol. The number of carbonyl (C=O) groups excluding carboxylic acids is 2. The number of pyridine rings is 2. The third-order valence-electron chi connectivity index (χ3n) is 6.84. The van der Waals surface area contributed by atoms with Crippen molar-refractivity contribution in [2.75, 3.05) is 0 Å². The van der Waals surface area contributed by atoms with Crippen LogP contribution in [-0.2, 0) is 24.0 Å². The van der Waals surface area contributed by atoms with Crippen molar-refractivity contribution in [2.45, 2.75) is 57.4 Å². The van der Waals surface area contributed by atoms with Crippen molar-refractivity contribution < 1.29 is 32.6 Å². The van der Waals surface area contributed by atoms with E-state index >= 15 is 0 Å².